The highest BCUT2D eigenvalue weighted by atomic mass is 32.1. The number of rotatable bonds is 8. The third kappa shape index (κ3) is 6.64. The maximum atomic E-state index is 12.3. The Balaban J connectivity index is 2.18. The monoisotopic (exact) mass is 548 g/mol. The van der Waals surface area contributed by atoms with Crippen LogP contribution in [0.15, 0.2) is 24.3 Å². The molecule has 0 unspecified atom stereocenters. The number of esters is 3. The largest absolute Gasteiger partial charge is 0.463 e. The molecule has 5 atom stereocenters. The van der Waals surface area contributed by atoms with Crippen LogP contribution in [0.5, 0.6) is 0 Å². The number of hydrogen-bond donors (Lipinski definition) is 1. The number of amides is 1. The van der Waals surface area contributed by atoms with E-state index in [1.165, 1.54) is 32.4 Å². The van der Waals surface area contributed by atoms with E-state index in [9.17, 15) is 19.2 Å². The Labute approximate surface area is 225 Å². The van der Waals surface area contributed by atoms with E-state index in [1.54, 1.807) is 4.57 Å². The summed E-state index contributed by atoms with van der Waals surface area (Å²) >= 11 is 5.75. The fourth-order valence-corrected chi connectivity index (χ4v) is 4.66. The summed E-state index contributed by atoms with van der Waals surface area (Å²) in [6.45, 7) is 8.93. The van der Waals surface area contributed by atoms with Gasteiger partial charge in [-0.1, -0.05) is 29.8 Å². The Hall–Kier alpha value is -3.58. The van der Waals surface area contributed by atoms with Crippen LogP contribution >= 0.6 is 12.2 Å². The second-order valence-electron chi connectivity index (χ2n) is 8.90. The summed E-state index contributed by atoms with van der Waals surface area (Å²) in [5.74, 6) is -1.85. The zero-order valence-corrected chi connectivity index (χ0v) is 22.9. The van der Waals surface area contributed by atoms with Crippen LogP contribution in [0, 0.1) is 11.7 Å². The molecule has 1 fully saturated rings. The summed E-state index contributed by atoms with van der Waals surface area (Å²) < 4.78 is 26.0. The minimum absolute atomic E-state index is 0.280. The molecule has 1 aliphatic heterocycles. The van der Waals surface area contributed by atoms with Gasteiger partial charge >= 0.3 is 17.9 Å². The highest BCUT2D eigenvalue weighted by Gasteiger charge is 2.52. The summed E-state index contributed by atoms with van der Waals surface area (Å²) in [6.07, 6.45) is -4.60. The molecule has 1 amide bonds. The molecule has 0 aliphatic carbocycles. The number of aromatic nitrogens is 3. The van der Waals surface area contributed by atoms with Crippen LogP contribution < -0.4 is 5.32 Å². The van der Waals surface area contributed by atoms with Crippen molar-refractivity contribution in [1.29, 1.82) is 0 Å². The summed E-state index contributed by atoms with van der Waals surface area (Å²) in [5.41, 5.74) is 1.88. The molecule has 13 heteroatoms. The SMILES string of the molecule is CCn1c(-c2ccc(C)cc2)nn([C@@H]2O[C@H](COC(C)=O)[C@@H](OC(C)=O)[C@H](OC(C)=O)[C@H]2NC(C)=O)c1=S. The van der Waals surface area contributed by atoms with Crippen LogP contribution in [0.2, 0.25) is 0 Å². The van der Waals surface area contributed by atoms with Gasteiger partial charge in [-0.15, -0.1) is 5.10 Å². The standard InChI is InChI=1S/C25H32N4O8S/c1-7-28-23(18-10-8-13(2)9-11-18)27-29(25(28)38)24-20(26-14(3)30)22(36-17(6)33)21(35-16(5)32)19(37-24)12-34-15(4)31/h8-11,19-22,24H,7,12H2,1-6H3,(H,26,30)/t19-,20-,21-,22-,24-/m1/s1. The minimum atomic E-state index is -1.21. The molecule has 206 valence electrons. The second-order valence-corrected chi connectivity index (χ2v) is 9.27. The van der Waals surface area contributed by atoms with Gasteiger partial charge in [0.15, 0.2) is 24.3 Å². The van der Waals surface area contributed by atoms with Crippen molar-refractivity contribution in [1.82, 2.24) is 19.7 Å². The molecule has 1 aromatic carbocycles. The third-order valence-corrected chi connectivity index (χ3v) is 6.25. The van der Waals surface area contributed by atoms with Crippen LogP contribution in [0.3, 0.4) is 0 Å². The highest BCUT2D eigenvalue weighted by molar-refractivity contribution is 7.71. The van der Waals surface area contributed by atoms with Gasteiger partial charge < -0.3 is 28.8 Å². The third-order valence-electron chi connectivity index (χ3n) is 5.84. The van der Waals surface area contributed by atoms with E-state index in [2.05, 4.69) is 5.32 Å². The number of benzene rings is 1. The fraction of sp³-hybridized carbons (Fsp3) is 0.520. The summed E-state index contributed by atoms with van der Waals surface area (Å²) in [5, 5.41) is 7.47. The maximum absolute atomic E-state index is 12.3. The summed E-state index contributed by atoms with van der Waals surface area (Å²) in [7, 11) is 0. The van der Waals surface area contributed by atoms with Gasteiger partial charge in [0, 0.05) is 39.8 Å². The molecule has 1 aliphatic rings. The van der Waals surface area contributed by atoms with Crippen LogP contribution in [0.4, 0.5) is 0 Å². The minimum Gasteiger partial charge on any atom is -0.463 e. The zero-order valence-electron chi connectivity index (χ0n) is 22.1. The molecular weight excluding hydrogens is 516 g/mol. The molecular formula is C25H32N4O8S. The number of hydrogen-bond acceptors (Lipinski definition) is 10. The number of nitrogens with one attached hydrogen (secondary N) is 1. The molecule has 1 aromatic heterocycles. The van der Waals surface area contributed by atoms with Gasteiger partial charge in [0.2, 0.25) is 10.7 Å². The van der Waals surface area contributed by atoms with Crippen molar-refractivity contribution in [2.75, 3.05) is 6.61 Å². The first-order chi connectivity index (χ1) is 17.9. The number of carbonyl (C=O) groups is 4. The summed E-state index contributed by atoms with van der Waals surface area (Å²) in [4.78, 5) is 48.0. The highest BCUT2D eigenvalue weighted by Crippen LogP contribution is 2.34. The molecule has 0 saturated carbocycles. The molecule has 12 nitrogen and oxygen atoms in total. The zero-order chi connectivity index (χ0) is 28.1. The normalized spacial score (nSPS) is 22.8. The molecule has 2 aromatic rings. The van der Waals surface area contributed by atoms with Crippen LogP contribution in [-0.4, -0.2) is 69.1 Å². The summed E-state index contributed by atoms with van der Waals surface area (Å²) in [6, 6.07) is 6.66. The molecule has 1 saturated heterocycles. The second kappa shape index (κ2) is 12.3. The van der Waals surface area contributed by atoms with E-state index in [0.717, 1.165) is 11.1 Å². The lowest BCUT2D eigenvalue weighted by Gasteiger charge is -2.45. The van der Waals surface area contributed by atoms with Crippen molar-refractivity contribution in [3.05, 3.63) is 34.6 Å². The Bertz CT molecular complexity index is 1260. The molecule has 0 radical (unpaired) electrons. The van der Waals surface area contributed by atoms with Gasteiger partial charge in [0.05, 0.1) is 0 Å². The van der Waals surface area contributed by atoms with E-state index in [4.69, 9.17) is 36.3 Å². The van der Waals surface area contributed by atoms with E-state index < -0.39 is 54.4 Å². The lowest BCUT2D eigenvalue weighted by molar-refractivity contribution is -0.239. The average Bonchev–Trinajstić information content (AvgIpc) is 3.16. The number of carbonyl (C=O) groups excluding carboxylic acids is 4. The Morgan fingerprint density at radius 2 is 1.61 bits per heavy atom. The van der Waals surface area contributed by atoms with Gasteiger partial charge in [0.1, 0.15) is 18.8 Å². The first-order valence-corrected chi connectivity index (χ1v) is 12.5. The predicted molar refractivity (Wildman–Crippen MR) is 136 cm³/mol. The van der Waals surface area contributed by atoms with Gasteiger partial charge in [-0.05, 0) is 26.1 Å². The Kier molecular flexibility index (Phi) is 9.39. The maximum Gasteiger partial charge on any atom is 0.303 e. The molecule has 0 spiro atoms. The number of aryl methyl sites for hydroxylation is 1. The van der Waals surface area contributed by atoms with E-state index in [0.29, 0.717) is 12.4 Å². The van der Waals surface area contributed by atoms with Gasteiger partial charge in [0.25, 0.3) is 0 Å². The first-order valence-electron chi connectivity index (χ1n) is 12.1. The van der Waals surface area contributed by atoms with E-state index >= 15 is 0 Å². The first kappa shape index (κ1) is 29.0. The van der Waals surface area contributed by atoms with E-state index in [1.807, 2.05) is 38.1 Å². The van der Waals surface area contributed by atoms with Crippen LogP contribution in [0.1, 0.15) is 46.4 Å². The van der Waals surface area contributed by atoms with Crippen molar-refractivity contribution in [3.63, 3.8) is 0 Å². The van der Waals surface area contributed by atoms with Gasteiger partial charge in [-0.25, -0.2) is 4.68 Å². The fourth-order valence-electron chi connectivity index (χ4n) is 4.30. The predicted octanol–water partition coefficient (Wildman–Crippen LogP) is 2.24. The number of nitrogens with zero attached hydrogens (tertiary/aromatic N) is 3. The quantitative estimate of drug-likeness (QED) is 0.297. The lowest BCUT2D eigenvalue weighted by atomic mass is 9.95. The van der Waals surface area contributed by atoms with Crippen molar-refractivity contribution in [2.24, 2.45) is 0 Å². The van der Waals surface area contributed by atoms with Crippen LogP contribution in [-0.2, 0) is 44.7 Å². The van der Waals surface area contributed by atoms with Crippen molar-refractivity contribution >= 4 is 36.0 Å². The van der Waals surface area contributed by atoms with Crippen molar-refractivity contribution in [3.8, 4) is 11.4 Å². The molecule has 2 heterocycles. The van der Waals surface area contributed by atoms with Crippen molar-refractivity contribution in [2.45, 2.75) is 78.7 Å². The average molecular weight is 549 g/mol. The lowest BCUT2D eigenvalue weighted by Crippen LogP contribution is -2.64. The van der Waals surface area contributed by atoms with Gasteiger partial charge in [-0.2, -0.15) is 0 Å². The Morgan fingerprint density at radius 3 is 2.13 bits per heavy atom. The molecule has 3 rings (SSSR count). The molecule has 38 heavy (non-hydrogen) atoms. The smallest absolute Gasteiger partial charge is 0.303 e. The van der Waals surface area contributed by atoms with Gasteiger partial charge in [-0.3, -0.25) is 19.2 Å². The number of ether oxygens (including phenoxy) is 4. The van der Waals surface area contributed by atoms with Crippen LogP contribution in [0.25, 0.3) is 11.4 Å². The topological polar surface area (TPSA) is 140 Å². The van der Waals surface area contributed by atoms with E-state index in [-0.39, 0.29) is 11.4 Å². The molecule has 1 N–H and O–H groups in total. The van der Waals surface area contributed by atoms with Crippen molar-refractivity contribution < 1.29 is 38.1 Å². The molecule has 0 bridgehead atoms. The Morgan fingerprint density at radius 1 is 1.00 bits per heavy atom.